The molecule has 0 aliphatic rings. The molecule has 242 valence electrons. The Hall–Kier alpha value is -4.69. The van der Waals surface area contributed by atoms with Gasteiger partial charge in [0.1, 0.15) is 0 Å². The molecule has 0 aromatic heterocycles. The summed E-state index contributed by atoms with van der Waals surface area (Å²) >= 11 is 0. The Balaban J connectivity index is 2.01. The van der Waals surface area contributed by atoms with Gasteiger partial charge in [0.2, 0.25) is 0 Å². The summed E-state index contributed by atoms with van der Waals surface area (Å²) in [6, 6.07) is 9.54. The van der Waals surface area contributed by atoms with E-state index in [0.29, 0.717) is 17.8 Å². The first-order chi connectivity index (χ1) is 20.8. The molecule has 0 spiro atoms. The summed E-state index contributed by atoms with van der Waals surface area (Å²) in [7, 11) is 0. The summed E-state index contributed by atoms with van der Waals surface area (Å²) < 4.78 is 115. The minimum absolute atomic E-state index is 0.0489. The Morgan fingerprint density at radius 1 is 0.889 bits per heavy atom. The molecule has 0 saturated heterocycles. The lowest BCUT2D eigenvalue weighted by Gasteiger charge is -2.31. The number of amides is 2. The molecule has 0 fully saturated rings. The monoisotopic (exact) mass is 645 g/mol. The van der Waals surface area contributed by atoms with Gasteiger partial charge >= 0.3 is 24.0 Å². The molecule has 0 radical (unpaired) electrons. The third-order valence-corrected chi connectivity index (χ3v) is 6.71. The number of rotatable bonds is 9. The van der Waals surface area contributed by atoms with Gasteiger partial charge in [-0.3, -0.25) is 14.4 Å². The molecule has 0 bridgehead atoms. The molecule has 0 saturated carbocycles. The molecule has 15 heteroatoms. The van der Waals surface area contributed by atoms with Crippen LogP contribution in [0.3, 0.4) is 0 Å². The Morgan fingerprint density at radius 3 is 1.96 bits per heavy atom. The van der Waals surface area contributed by atoms with E-state index in [9.17, 15) is 45.1 Å². The van der Waals surface area contributed by atoms with Gasteiger partial charge in [0, 0.05) is 29.0 Å². The molecule has 0 heterocycles. The van der Waals surface area contributed by atoms with Gasteiger partial charge in [-0.05, 0) is 68.3 Å². The number of aryl methyl sites for hydroxylation is 2. The number of nitrogens with zero attached hydrogens (tertiary/aromatic N) is 1. The molecule has 3 N–H and O–H groups in total. The van der Waals surface area contributed by atoms with Crippen molar-refractivity contribution >= 4 is 34.8 Å². The van der Waals surface area contributed by atoms with Gasteiger partial charge in [-0.1, -0.05) is 18.2 Å². The number of nitrogens with one attached hydrogen (secondary N) is 1. The number of hydrogen-bond acceptors (Lipinski definition) is 5. The van der Waals surface area contributed by atoms with Crippen molar-refractivity contribution in [1.82, 2.24) is 0 Å². The van der Waals surface area contributed by atoms with Crippen molar-refractivity contribution in [2.45, 2.75) is 45.2 Å². The zero-order valence-electron chi connectivity index (χ0n) is 24.0. The van der Waals surface area contributed by atoms with Crippen LogP contribution in [0, 0.1) is 19.7 Å². The van der Waals surface area contributed by atoms with Gasteiger partial charge in [0.25, 0.3) is 11.8 Å². The van der Waals surface area contributed by atoms with Crippen LogP contribution in [0.4, 0.5) is 52.2 Å². The number of anilines is 3. The quantitative estimate of drug-likeness (QED) is 0.146. The van der Waals surface area contributed by atoms with Crippen molar-refractivity contribution in [3.8, 4) is 0 Å². The molecule has 3 rings (SSSR count). The van der Waals surface area contributed by atoms with Crippen LogP contribution >= 0.6 is 0 Å². The van der Waals surface area contributed by atoms with Crippen LogP contribution < -0.4 is 16.0 Å². The Morgan fingerprint density at radius 2 is 1.44 bits per heavy atom. The standard InChI is InChI=1S/C30H27F8N3O4/c1-4-45-23(42)12-13-41(27(44)18-8-10-20(39)11-9-18)22-7-5-6-21(24(22)31)26(43)40-25-16(2)14-19(15-17(25)3)28(32,29(33,34)35)30(36,37)38/h5-11,14-15H,4,12-13,39H2,1-3H3,(H,40,43). The predicted octanol–water partition coefficient (Wildman–Crippen LogP) is 7.17. The maximum Gasteiger partial charge on any atom is 0.435 e. The van der Waals surface area contributed by atoms with Crippen molar-refractivity contribution < 1.29 is 54.2 Å². The topological polar surface area (TPSA) is 102 Å². The first-order valence-corrected chi connectivity index (χ1v) is 13.2. The van der Waals surface area contributed by atoms with Crippen LogP contribution in [0.1, 0.15) is 50.8 Å². The third kappa shape index (κ3) is 7.18. The molecule has 3 aromatic carbocycles. The molecular weight excluding hydrogens is 618 g/mol. The van der Waals surface area contributed by atoms with E-state index < -0.39 is 58.4 Å². The van der Waals surface area contributed by atoms with E-state index in [4.69, 9.17) is 10.5 Å². The fraction of sp³-hybridized carbons (Fsp3) is 0.300. The van der Waals surface area contributed by atoms with E-state index >= 15 is 4.39 Å². The van der Waals surface area contributed by atoms with Gasteiger partial charge in [0.05, 0.1) is 24.3 Å². The highest BCUT2D eigenvalue weighted by Gasteiger charge is 2.73. The van der Waals surface area contributed by atoms with E-state index in [-0.39, 0.29) is 42.0 Å². The number of alkyl halides is 7. The molecule has 3 aromatic rings. The van der Waals surface area contributed by atoms with E-state index in [1.807, 2.05) is 0 Å². The summed E-state index contributed by atoms with van der Waals surface area (Å²) in [5, 5.41) is 2.24. The molecule has 7 nitrogen and oxygen atoms in total. The number of carbonyl (C=O) groups is 3. The Kier molecular flexibility index (Phi) is 10.1. The molecule has 0 aliphatic carbocycles. The van der Waals surface area contributed by atoms with Gasteiger partial charge in [-0.2, -0.15) is 26.3 Å². The van der Waals surface area contributed by atoms with Crippen molar-refractivity contribution in [3.05, 3.63) is 88.2 Å². The van der Waals surface area contributed by atoms with Crippen molar-refractivity contribution in [1.29, 1.82) is 0 Å². The van der Waals surface area contributed by atoms with E-state index in [1.54, 1.807) is 6.92 Å². The lowest BCUT2D eigenvalue weighted by atomic mass is 9.90. The number of ether oxygens (including phenoxy) is 1. The van der Waals surface area contributed by atoms with Crippen LogP contribution in [0.25, 0.3) is 0 Å². The van der Waals surface area contributed by atoms with Crippen molar-refractivity contribution in [2.24, 2.45) is 0 Å². The molecule has 45 heavy (non-hydrogen) atoms. The highest BCUT2D eigenvalue weighted by atomic mass is 19.4. The van der Waals surface area contributed by atoms with Crippen LogP contribution in [0.5, 0.6) is 0 Å². The van der Waals surface area contributed by atoms with Gasteiger partial charge in [0.15, 0.2) is 5.82 Å². The van der Waals surface area contributed by atoms with E-state index in [1.165, 1.54) is 30.3 Å². The second-order valence-electron chi connectivity index (χ2n) is 9.87. The molecule has 0 atom stereocenters. The van der Waals surface area contributed by atoms with Gasteiger partial charge < -0.3 is 20.7 Å². The smallest absolute Gasteiger partial charge is 0.435 e. The van der Waals surface area contributed by atoms with Crippen LogP contribution in [0.2, 0.25) is 0 Å². The number of nitrogen functional groups attached to an aromatic ring is 1. The number of nitrogens with two attached hydrogens (primary N) is 1. The van der Waals surface area contributed by atoms with Crippen LogP contribution in [-0.2, 0) is 15.2 Å². The fourth-order valence-electron chi connectivity index (χ4n) is 4.48. The minimum Gasteiger partial charge on any atom is -0.466 e. The molecule has 2 amide bonds. The fourth-order valence-corrected chi connectivity index (χ4v) is 4.48. The number of esters is 1. The average molecular weight is 646 g/mol. The highest BCUT2D eigenvalue weighted by molar-refractivity contribution is 6.09. The van der Waals surface area contributed by atoms with E-state index in [2.05, 4.69) is 5.32 Å². The normalized spacial score (nSPS) is 12.1. The predicted molar refractivity (Wildman–Crippen MR) is 149 cm³/mol. The van der Waals surface area contributed by atoms with Gasteiger partial charge in [-0.15, -0.1) is 0 Å². The summed E-state index contributed by atoms with van der Waals surface area (Å²) in [4.78, 5) is 39.5. The average Bonchev–Trinajstić information content (AvgIpc) is 2.94. The second-order valence-corrected chi connectivity index (χ2v) is 9.87. The SMILES string of the molecule is CCOC(=O)CCN(C(=O)c1ccc(N)cc1)c1cccc(C(=O)Nc2c(C)cc(C(F)(C(F)(F)F)C(F)(F)F)cc2C)c1F. The first-order valence-electron chi connectivity index (χ1n) is 13.2. The zero-order valence-corrected chi connectivity index (χ0v) is 24.0. The maximum atomic E-state index is 15.9. The molecule has 0 unspecified atom stereocenters. The zero-order chi connectivity index (χ0) is 33.9. The lowest BCUT2D eigenvalue weighted by Crippen LogP contribution is -2.50. The second kappa shape index (κ2) is 13.1. The Labute approximate surface area is 251 Å². The maximum absolute atomic E-state index is 15.9. The number of hydrogen-bond donors (Lipinski definition) is 2. The number of carbonyl (C=O) groups excluding carboxylic acids is 3. The third-order valence-electron chi connectivity index (χ3n) is 6.71. The largest absolute Gasteiger partial charge is 0.466 e. The lowest BCUT2D eigenvalue weighted by molar-refractivity contribution is -0.348. The summed E-state index contributed by atoms with van der Waals surface area (Å²) in [5.41, 5.74) is -3.50. The Bertz CT molecular complexity index is 1550. The van der Waals surface area contributed by atoms with Crippen LogP contribution in [-0.4, -0.2) is 43.3 Å². The number of halogens is 8. The molecular formula is C30H27F8N3O4. The molecule has 0 aliphatic heterocycles. The summed E-state index contributed by atoms with van der Waals surface area (Å²) in [6.07, 6.45) is -13.0. The van der Waals surface area contributed by atoms with Gasteiger partial charge in [-0.25, -0.2) is 8.78 Å². The van der Waals surface area contributed by atoms with Crippen LogP contribution in [0.15, 0.2) is 54.6 Å². The van der Waals surface area contributed by atoms with E-state index in [0.717, 1.165) is 30.9 Å². The first kappa shape index (κ1) is 34.8. The minimum atomic E-state index is -6.35. The summed E-state index contributed by atoms with van der Waals surface area (Å²) in [6.45, 7) is 3.32. The van der Waals surface area contributed by atoms with Crippen molar-refractivity contribution in [3.63, 3.8) is 0 Å². The van der Waals surface area contributed by atoms with Crippen molar-refractivity contribution in [2.75, 3.05) is 29.1 Å². The highest BCUT2D eigenvalue weighted by Crippen LogP contribution is 2.53. The summed E-state index contributed by atoms with van der Waals surface area (Å²) in [5.74, 6) is -3.87. The number of benzene rings is 3.